The molecule has 0 bridgehead atoms. The van der Waals surface area contributed by atoms with Gasteiger partial charge < -0.3 is 4.98 Å². The monoisotopic (exact) mass is 377 g/mol. The Kier molecular flexibility index (Phi) is 3.69. The number of aromatic amines is 2. The highest BCUT2D eigenvalue weighted by molar-refractivity contribution is 7.25. The van der Waals surface area contributed by atoms with E-state index in [4.69, 9.17) is 0 Å². The molecule has 0 aliphatic rings. The van der Waals surface area contributed by atoms with Gasteiger partial charge in [-0.05, 0) is 11.6 Å². The summed E-state index contributed by atoms with van der Waals surface area (Å²) in [5, 5.41) is -0.252. The zero-order chi connectivity index (χ0) is 18.5. The highest BCUT2D eigenvalue weighted by atomic mass is 32.1. The topological polar surface area (TPSA) is 78.6 Å². The van der Waals surface area contributed by atoms with E-state index in [1.807, 2.05) is 11.1 Å². The molecule has 0 amide bonds. The smallest absolute Gasteiger partial charge is 0.305 e. The fourth-order valence-electron chi connectivity index (χ4n) is 2.85. The molecule has 0 fully saturated rings. The van der Waals surface area contributed by atoms with Crippen molar-refractivity contribution in [2.45, 2.75) is 12.6 Å². The summed E-state index contributed by atoms with van der Waals surface area (Å²) in [6.45, 7) is 0. The Morgan fingerprint density at radius 2 is 1.81 bits per heavy atom. The molecular formula is C17H10F3N3O2S. The summed E-state index contributed by atoms with van der Waals surface area (Å²) in [4.78, 5) is 32.1. The van der Waals surface area contributed by atoms with Crippen LogP contribution < -0.4 is 11.2 Å². The number of benzene rings is 1. The molecule has 0 unspecified atom stereocenters. The second-order valence-electron chi connectivity index (χ2n) is 5.72. The summed E-state index contributed by atoms with van der Waals surface area (Å²) in [7, 11) is 0. The third kappa shape index (κ3) is 2.80. The molecule has 9 heteroatoms. The van der Waals surface area contributed by atoms with Crippen LogP contribution in [0.5, 0.6) is 0 Å². The molecule has 5 nitrogen and oxygen atoms in total. The van der Waals surface area contributed by atoms with E-state index >= 15 is 0 Å². The molecule has 1 aromatic carbocycles. The molecule has 4 rings (SSSR count). The molecule has 0 saturated carbocycles. The Morgan fingerprint density at radius 1 is 1.08 bits per heavy atom. The second-order valence-corrected chi connectivity index (χ2v) is 6.71. The summed E-state index contributed by atoms with van der Waals surface area (Å²) < 4.78 is 40.9. The first-order chi connectivity index (χ1) is 12.3. The summed E-state index contributed by atoms with van der Waals surface area (Å²) in [6, 6.07) is 9.97. The maximum atomic E-state index is 13.6. The number of aromatic nitrogens is 3. The van der Waals surface area contributed by atoms with Crippen molar-refractivity contribution in [3.63, 3.8) is 0 Å². The van der Waals surface area contributed by atoms with E-state index in [0.29, 0.717) is 0 Å². The number of pyridine rings is 1. The van der Waals surface area contributed by atoms with Crippen LogP contribution in [0.2, 0.25) is 0 Å². The summed E-state index contributed by atoms with van der Waals surface area (Å²) in [5.74, 6) is 0. The van der Waals surface area contributed by atoms with Crippen LogP contribution in [0, 0.1) is 0 Å². The largest absolute Gasteiger partial charge is 0.417 e. The minimum Gasteiger partial charge on any atom is -0.305 e. The van der Waals surface area contributed by atoms with Gasteiger partial charge in [0.25, 0.3) is 5.56 Å². The van der Waals surface area contributed by atoms with Gasteiger partial charge in [-0.2, -0.15) is 13.2 Å². The molecule has 0 aliphatic heterocycles. The third-order valence-electron chi connectivity index (χ3n) is 3.92. The fourth-order valence-corrected chi connectivity index (χ4v) is 3.92. The normalized spacial score (nSPS) is 12.1. The van der Waals surface area contributed by atoms with Gasteiger partial charge in [0.05, 0.1) is 11.1 Å². The summed E-state index contributed by atoms with van der Waals surface area (Å²) in [6.07, 6.45) is -4.43. The fraction of sp³-hybridized carbons (Fsp3) is 0.118. The highest BCUT2D eigenvalue weighted by Gasteiger charge is 2.35. The van der Waals surface area contributed by atoms with Gasteiger partial charge in [0.2, 0.25) is 0 Å². The lowest BCUT2D eigenvalue weighted by atomic mass is 10.1. The van der Waals surface area contributed by atoms with Crippen molar-refractivity contribution in [3.05, 3.63) is 74.1 Å². The number of fused-ring (bicyclic) bond motifs is 3. The quantitative estimate of drug-likeness (QED) is 0.562. The van der Waals surface area contributed by atoms with Crippen molar-refractivity contribution < 1.29 is 13.2 Å². The van der Waals surface area contributed by atoms with Crippen LogP contribution >= 0.6 is 11.3 Å². The Bertz CT molecular complexity index is 1240. The molecule has 0 atom stereocenters. The molecule has 0 saturated heterocycles. The summed E-state index contributed by atoms with van der Waals surface area (Å²) >= 11 is 0.827. The lowest BCUT2D eigenvalue weighted by Crippen LogP contribution is -2.21. The molecule has 0 spiro atoms. The number of hydrogen-bond acceptors (Lipinski definition) is 4. The van der Waals surface area contributed by atoms with Crippen molar-refractivity contribution in [1.82, 2.24) is 15.0 Å². The average molecular weight is 377 g/mol. The van der Waals surface area contributed by atoms with E-state index in [9.17, 15) is 22.8 Å². The maximum absolute atomic E-state index is 13.6. The standard InChI is InChI=1S/C17H10F3N3O2S/c18-17(19,20)10-7-9(6-8-4-2-1-3-5-8)21-15-11(10)12-13(26-15)14(24)23-16(25)22-12/h1-5,7H,6H2,(H2,22,23,24,25). The minimum atomic E-state index is -4.65. The van der Waals surface area contributed by atoms with Gasteiger partial charge in [0, 0.05) is 17.5 Å². The summed E-state index contributed by atoms with van der Waals surface area (Å²) in [5.41, 5.74) is -1.58. The van der Waals surface area contributed by atoms with Gasteiger partial charge in [-0.3, -0.25) is 9.78 Å². The molecular weight excluding hydrogens is 367 g/mol. The SMILES string of the molecule is O=c1[nH]c(=O)c2sc3nc(Cc4ccccc4)cc(C(F)(F)F)c3c2[nH]1. The van der Waals surface area contributed by atoms with E-state index < -0.39 is 23.0 Å². The first kappa shape index (κ1) is 16.5. The number of halogens is 3. The van der Waals surface area contributed by atoms with Gasteiger partial charge in [-0.1, -0.05) is 30.3 Å². The van der Waals surface area contributed by atoms with Crippen LogP contribution in [0.15, 0.2) is 46.0 Å². The molecule has 3 heterocycles. The number of nitrogens with zero attached hydrogens (tertiary/aromatic N) is 1. The zero-order valence-corrected chi connectivity index (χ0v) is 13.8. The number of alkyl halides is 3. The van der Waals surface area contributed by atoms with Crippen molar-refractivity contribution in [1.29, 1.82) is 0 Å². The lowest BCUT2D eigenvalue weighted by Gasteiger charge is -2.11. The number of rotatable bonds is 2. The number of thiophene rings is 1. The van der Waals surface area contributed by atoms with E-state index in [0.717, 1.165) is 23.0 Å². The number of hydrogen-bond donors (Lipinski definition) is 2. The predicted molar refractivity (Wildman–Crippen MR) is 92.6 cm³/mol. The van der Waals surface area contributed by atoms with Gasteiger partial charge in [-0.25, -0.2) is 9.78 Å². The van der Waals surface area contributed by atoms with Gasteiger partial charge in [0.15, 0.2) is 0 Å². The molecule has 3 aromatic heterocycles. The average Bonchev–Trinajstić information content (AvgIpc) is 2.93. The molecule has 132 valence electrons. The van der Waals surface area contributed by atoms with Crippen LogP contribution in [0.1, 0.15) is 16.8 Å². The third-order valence-corrected chi connectivity index (χ3v) is 5.00. The van der Waals surface area contributed by atoms with E-state index in [1.165, 1.54) is 0 Å². The van der Waals surface area contributed by atoms with E-state index in [-0.39, 0.29) is 32.5 Å². The van der Waals surface area contributed by atoms with Crippen molar-refractivity contribution in [2.24, 2.45) is 0 Å². The van der Waals surface area contributed by atoms with Crippen LogP contribution in [0.3, 0.4) is 0 Å². The second kappa shape index (κ2) is 5.80. The Morgan fingerprint density at radius 3 is 2.50 bits per heavy atom. The molecule has 2 N–H and O–H groups in total. The highest BCUT2D eigenvalue weighted by Crippen LogP contribution is 2.40. The van der Waals surface area contributed by atoms with E-state index in [1.54, 1.807) is 24.3 Å². The van der Waals surface area contributed by atoms with Crippen molar-refractivity contribution >= 4 is 31.8 Å². The van der Waals surface area contributed by atoms with Gasteiger partial charge >= 0.3 is 11.9 Å². The van der Waals surface area contributed by atoms with Crippen LogP contribution in [-0.2, 0) is 12.6 Å². The van der Waals surface area contributed by atoms with Crippen LogP contribution in [0.4, 0.5) is 13.2 Å². The zero-order valence-electron chi connectivity index (χ0n) is 13.0. The van der Waals surface area contributed by atoms with Crippen LogP contribution in [0.25, 0.3) is 20.4 Å². The van der Waals surface area contributed by atoms with Crippen molar-refractivity contribution in [2.75, 3.05) is 0 Å². The van der Waals surface area contributed by atoms with Gasteiger partial charge in [-0.15, -0.1) is 11.3 Å². The predicted octanol–water partition coefficient (Wildman–Crippen LogP) is 3.44. The van der Waals surface area contributed by atoms with Gasteiger partial charge in [0.1, 0.15) is 9.53 Å². The van der Waals surface area contributed by atoms with E-state index in [2.05, 4.69) is 9.97 Å². The van der Waals surface area contributed by atoms with Crippen LogP contribution in [-0.4, -0.2) is 15.0 Å². The molecule has 0 aliphatic carbocycles. The number of H-pyrrole nitrogens is 2. The lowest BCUT2D eigenvalue weighted by molar-refractivity contribution is -0.136. The maximum Gasteiger partial charge on any atom is 0.417 e. The Labute approximate surface area is 147 Å². The first-order valence-electron chi connectivity index (χ1n) is 7.53. The molecule has 4 aromatic rings. The first-order valence-corrected chi connectivity index (χ1v) is 8.34. The molecule has 0 radical (unpaired) electrons. The Balaban J connectivity index is 2.04. The Hall–Kier alpha value is -2.94. The number of nitrogens with one attached hydrogen (secondary N) is 2. The minimum absolute atomic E-state index is 0.00876. The van der Waals surface area contributed by atoms with Crippen molar-refractivity contribution in [3.8, 4) is 0 Å². The molecule has 26 heavy (non-hydrogen) atoms.